The van der Waals surface area contributed by atoms with Gasteiger partial charge in [-0.2, -0.15) is 5.10 Å². The number of nitro benzene ring substituents is 1. The summed E-state index contributed by atoms with van der Waals surface area (Å²) in [6.45, 7) is 2.53. The van der Waals surface area contributed by atoms with Crippen molar-refractivity contribution < 1.29 is 9.72 Å². The van der Waals surface area contributed by atoms with Gasteiger partial charge in [0, 0.05) is 29.6 Å². The first-order chi connectivity index (χ1) is 13.1. The topological polar surface area (TPSA) is 103 Å². The molecule has 2 heterocycles. The molecule has 8 heteroatoms. The molecule has 27 heavy (non-hydrogen) atoms. The Labute approximate surface area is 153 Å². The first-order valence-electron chi connectivity index (χ1n) is 8.39. The molecule has 0 saturated heterocycles. The molecule has 1 N–H and O–H groups in total. The molecular formula is C19H15N5O3. The number of rotatable bonds is 4. The van der Waals surface area contributed by atoms with Crippen LogP contribution >= 0.6 is 0 Å². The minimum absolute atomic E-state index is 0.140. The van der Waals surface area contributed by atoms with Crippen LogP contribution in [0.15, 0.2) is 54.6 Å². The number of nitrogens with zero attached hydrogens (tertiary/aromatic N) is 4. The van der Waals surface area contributed by atoms with Crippen molar-refractivity contribution in [2.24, 2.45) is 0 Å². The molecule has 2 aromatic heterocycles. The van der Waals surface area contributed by atoms with Crippen molar-refractivity contribution in [3.8, 4) is 0 Å². The summed E-state index contributed by atoms with van der Waals surface area (Å²) in [5.74, 6) is -0.0869. The predicted octanol–water partition coefficient (Wildman–Crippen LogP) is 3.76. The zero-order valence-electron chi connectivity index (χ0n) is 14.4. The van der Waals surface area contributed by atoms with Gasteiger partial charge in [0.25, 0.3) is 11.6 Å². The third kappa shape index (κ3) is 2.97. The molecule has 2 aromatic carbocycles. The molecule has 8 nitrogen and oxygen atoms in total. The summed E-state index contributed by atoms with van der Waals surface area (Å²) in [5, 5.41) is 19.8. The lowest BCUT2D eigenvalue weighted by atomic mass is 10.1. The van der Waals surface area contributed by atoms with Crippen molar-refractivity contribution in [2.45, 2.75) is 13.5 Å². The van der Waals surface area contributed by atoms with Crippen molar-refractivity contribution in [3.63, 3.8) is 0 Å². The fourth-order valence-electron chi connectivity index (χ4n) is 2.95. The molecule has 0 radical (unpaired) electrons. The highest BCUT2D eigenvalue weighted by Crippen LogP contribution is 2.26. The highest BCUT2D eigenvalue weighted by molar-refractivity contribution is 6.09. The Balaban J connectivity index is 1.77. The Kier molecular flexibility index (Phi) is 4.00. The molecule has 0 bridgehead atoms. The number of nitro groups is 1. The highest BCUT2D eigenvalue weighted by Gasteiger charge is 2.17. The molecule has 134 valence electrons. The first-order valence-corrected chi connectivity index (χ1v) is 8.39. The van der Waals surface area contributed by atoms with Gasteiger partial charge in [0.1, 0.15) is 0 Å². The zero-order chi connectivity index (χ0) is 19.0. The normalized spacial score (nSPS) is 11.0. The van der Waals surface area contributed by atoms with E-state index < -0.39 is 10.8 Å². The Bertz CT molecular complexity index is 1200. The number of benzene rings is 2. The Morgan fingerprint density at radius 2 is 2.00 bits per heavy atom. The number of para-hydroxylation sites is 1. The van der Waals surface area contributed by atoms with Crippen molar-refractivity contribution >= 4 is 39.3 Å². The molecule has 1 amide bonds. The second kappa shape index (κ2) is 6.49. The Hall–Kier alpha value is -3.81. The number of aromatic nitrogens is 3. The van der Waals surface area contributed by atoms with Crippen LogP contribution in [0.4, 0.5) is 11.5 Å². The quantitative estimate of drug-likeness (QED) is 0.440. The second-order valence-electron chi connectivity index (χ2n) is 5.98. The highest BCUT2D eigenvalue weighted by atomic mass is 16.6. The van der Waals surface area contributed by atoms with Gasteiger partial charge in [-0.1, -0.05) is 24.3 Å². The van der Waals surface area contributed by atoms with Crippen LogP contribution in [-0.2, 0) is 6.54 Å². The third-order valence-electron chi connectivity index (χ3n) is 4.27. The molecule has 0 unspecified atom stereocenters. The Morgan fingerprint density at radius 1 is 1.19 bits per heavy atom. The van der Waals surface area contributed by atoms with E-state index in [1.807, 2.05) is 37.3 Å². The average Bonchev–Trinajstić information content (AvgIpc) is 3.02. The van der Waals surface area contributed by atoms with Gasteiger partial charge >= 0.3 is 0 Å². The number of carbonyl (C=O) groups is 1. The van der Waals surface area contributed by atoms with Crippen molar-refractivity contribution in [3.05, 3.63) is 70.3 Å². The fourth-order valence-corrected chi connectivity index (χ4v) is 2.95. The van der Waals surface area contributed by atoms with E-state index in [2.05, 4.69) is 15.4 Å². The van der Waals surface area contributed by atoms with Crippen molar-refractivity contribution in [1.82, 2.24) is 14.8 Å². The van der Waals surface area contributed by atoms with Gasteiger partial charge in [0.15, 0.2) is 11.5 Å². The summed E-state index contributed by atoms with van der Waals surface area (Å²) in [7, 11) is 0. The molecule has 0 spiro atoms. The Morgan fingerprint density at radius 3 is 2.78 bits per heavy atom. The second-order valence-corrected chi connectivity index (χ2v) is 5.98. The number of fused-ring (bicyclic) bond motifs is 2. The maximum absolute atomic E-state index is 12.6. The molecule has 0 aliphatic heterocycles. The van der Waals surface area contributed by atoms with Gasteiger partial charge in [0.2, 0.25) is 0 Å². The van der Waals surface area contributed by atoms with E-state index in [-0.39, 0.29) is 11.3 Å². The number of hydrogen-bond acceptors (Lipinski definition) is 5. The summed E-state index contributed by atoms with van der Waals surface area (Å²) < 4.78 is 1.71. The van der Waals surface area contributed by atoms with E-state index >= 15 is 0 Å². The van der Waals surface area contributed by atoms with E-state index in [1.54, 1.807) is 4.68 Å². The van der Waals surface area contributed by atoms with Crippen LogP contribution in [0.25, 0.3) is 21.9 Å². The minimum Gasteiger partial charge on any atom is -0.304 e. The molecular weight excluding hydrogens is 346 g/mol. The summed E-state index contributed by atoms with van der Waals surface area (Å²) in [6, 6.07) is 15.2. The molecule has 0 atom stereocenters. The number of aryl methyl sites for hydroxylation is 1. The molecule has 0 aliphatic rings. The van der Waals surface area contributed by atoms with E-state index in [9.17, 15) is 14.9 Å². The summed E-state index contributed by atoms with van der Waals surface area (Å²) in [4.78, 5) is 27.6. The van der Waals surface area contributed by atoms with Gasteiger partial charge < -0.3 is 5.32 Å². The smallest absolute Gasteiger partial charge is 0.270 e. The van der Waals surface area contributed by atoms with Crippen LogP contribution < -0.4 is 5.32 Å². The lowest BCUT2D eigenvalue weighted by Gasteiger charge is -2.03. The zero-order valence-corrected chi connectivity index (χ0v) is 14.4. The van der Waals surface area contributed by atoms with Crippen LogP contribution in [0.2, 0.25) is 0 Å². The SMILES string of the molecule is CCn1nc(NC(=O)c2cccc([N+](=O)[O-])c2)c2cc3ccccc3nc21. The number of amides is 1. The molecule has 0 saturated carbocycles. The van der Waals surface area contributed by atoms with Gasteiger partial charge in [0.05, 0.1) is 15.8 Å². The lowest BCUT2D eigenvalue weighted by Crippen LogP contribution is -2.13. The van der Waals surface area contributed by atoms with Crippen molar-refractivity contribution in [1.29, 1.82) is 0 Å². The monoisotopic (exact) mass is 361 g/mol. The lowest BCUT2D eigenvalue weighted by molar-refractivity contribution is -0.384. The summed E-state index contributed by atoms with van der Waals surface area (Å²) in [5.41, 5.74) is 1.57. The largest absolute Gasteiger partial charge is 0.304 e. The average molecular weight is 361 g/mol. The van der Waals surface area contributed by atoms with Crippen LogP contribution in [0.3, 0.4) is 0 Å². The van der Waals surface area contributed by atoms with E-state index in [1.165, 1.54) is 24.3 Å². The standard InChI is InChI=1S/C19H15N5O3/c1-2-23-18-15(11-12-6-3-4-9-16(12)20-18)17(22-23)21-19(25)13-7-5-8-14(10-13)24(26)27/h3-11H,2H2,1H3,(H,21,22,25). The maximum atomic E-state index is 12.6. The van der Waals surface area contributed by atoms with Crippen LogP contribution in [0.5, 0.6) is 0 Å². The number of hydrogen-bond donors (Lipinski definition) is 1. The van der Waals surface area contributed by atoms with Crippen molar-refractivity contribution in [2.75, 3.05) is 5.32 Å². The number of non-ortho nitro benzene ring substituents is 1. The molecule has 0 fully saturated rings. The van der Waals surface area contributed by atoms with Gasteiger partial charge in [-0.25, -0.2) is 9.67 Å². The van der Waals surface area contributed by atoms with E-state index in [0.717, 1.165) is 10.9 Å². The summed E-state index contributed by atoms with van der Waals surface area (Å²) >= 11 is 0. The van der Waals surface area contributed by atoms with Gasteiger partial charge in [-0.3, -0.25) is 14.9 Å². The van der Waals surface area contributed by atoms with E-state index in [0.29, 0.717) is 23.4 Å². The number of nitrogens with one attached hydrogen (secondary N) is 1. The molecule has 0 aliphatic carbocycles. The minimum atomic E-state index is -0.534. The number of anilines is 1. The van der Waals surface area contributed by atoms with Crippen LogP contribution in [0.1, 0.15) is 17.3 Å². The molecule has 4 rings (SSSR count). The van der Waals surface area contributed by atoms with E-state index in [4.69, 9.17) is 0 Å². The maximum Gasteiger partial charge on any atom is 0.270 e. The molecule has 4 aromatic rings. The van der Waals surface area contributed by atoms with Crippen LogP contribution in [0, 0.1) is 10.1 Å². The number of pyridine rings is 1. The fraction of sp³-hybridized carbons (Fsp3) is 0.105. The third-order valence-corrected chi connectivity index (χ3v) is 4.27. The van der Waals surface area contributed by atoms with Gasteiger partial charge in [-0.15, -0.1) is 0 Å². The van der Waals surface area contributed by atoms with Gasteiger partial charge in [-0.05, 0) is 25.1 Å². The first kappa shape index (κ1) is 16.6. The summed E-state index contributed by atoms with van der Waals surface area (Å²) in [6.07, 6.45) is 0. The van der Waals surface area contributed by atoms with Crippen LogP contribution in [-0.4, -0.2) is 25.6 Å². The predicted molar refractivity (Wildman–Crippen MR) is 102 cm³/mol. The number of carbonyl (C=O) groups excluding carboxylic acids is 1.